The average Bonchev–Trinajstić information content (AvgIpc) is 2.15. The predicted octanol–water partition coefficient (Wildman–Crippen LogP) is 2.29. The highest BCUT2D eigenvalue weighted by atomic mass is 35.5. The third-order valence-electron chi connectivity index (χ3n) is 2.13. The van der Waals surface area contributed by atoms with Gasteiger partial charge in [-0.15, -0.1) is 0 Å². The molecule has 0 unspecified atom stereocenters. The number of benzene rings is 1. The van der Waals surface area contributed by atoms with E-state index in [-0.39, 0.29) is 0 Å². The molecular weight excluding hydrogens is 210 g/mol. The van der Waals surface area contributed by atoms with Crippen molar-refractivity contribution in [3.8, 4) is 0 Å². The number of hydrogen-bond donors (Lipinski definition) is 2. The fraction of sp³-hybridized carbons (Fsp3) is 0.455. The maximum Gasteiger partial charge on any atom is 0.0763 e. The van der Waals surface area contributed by atoms with Crippen LogP contribution in [0.2, 0.25) is 5.02 Å². The fourth-order valence-electron chi connectivity index (χ4n) is 1.34. The molecule has 3 N–H and O–H groups in total. The molecule has 0 spiro atoms. The highest BCUT2D eigenvalue weighted by molar-refractivity contribution is 6.33. The van der Waals surface area contributed by atoms with E-state index in [1.807, 2.05) is 18.2 Å². The molecule has 15 heavy (non-hydrogen) atoms. The van der Waals surface area contributed by atoms with Crippen LogP contribution in [0, 0.1) is 0 Å². The molecule has 0 bridgehead atoms. The molecule has 0 saturated heterocycles. The van der Waals surface area contributed by atoms with Crippen molar-refractivity contribution in [2.24, 2.45) is 0 Å². The van der Waals surface area contributed by atoms with Crippen molar-refractivity contribution in [1.82, 2.24) is 4.90 Å². The van der Waals surface area contributed by atoms with Gasteiger partial charge in [-0.2, -0.15) is 0 Å². The first-order chi connectivity index (χ1) is 7.11. The van der Waals surface area contributed by atoms with Gasteiger partial charge in [-0.3, -0.25) is 0 Å². The molecule has 0 saturated carbocycles. The third kappa shape index (κ3) is 3.98. The summed E-state index contributed by atoms with van der Waals surface area (Å²) in [5.74, 6) is 0. The van der Waals surface area contributed by atoms with Crippen molar-refractivity contribution in [3.63, 3.8) is 0 Å². The van der Waals surface area contributed by atoms with Gasteiger partial charge in [-0.25, -0.2) is 0 Å². The number of nitrogens with zero attached hydrogens (tertiary/aromatic N) is 1. The lowest BCUT2D eigenvalue weighted by molar-refractivity contribution is 0.405. The zero-order valence-corrected chi connectivity index (χ0v) is 10.0. The van der Waals surface area contributed by atoms with Crippen LogP contribution in [0.4, 0.5) is 11.4 Å². The Morgan fingerprint density at radius 3 is 2.73 bits per heavy atom. The monoisotopic (exact) mass is 227 g/mol. The summed E-state index contributed by atoms with van der Waals surface area (Å²) >= 11 is 6.02. The molecule has 3 nitrogen and oxygen atoms in total. The van der Waals surface area contributed by atoms with E-state index in [1.165, 1.54) is 0 Å². The lowest BCUT2D eigenvalue weighted by Crippen LogP contribution is -2.16. The summed E-state index contributed by atoms with van der Waals surface area (Å²) in [5, 5.41) is 3.93. The van der Waals surface area contributed by atoms with Crippen molar-refractivity contribution in [2.75, 3.05) is 38.2 Å². The molecule has 0 aliphatic carbocycles. The third-order valence-corrected chi connectivity index (χ3v) is 2.44. The van der Waals surface area contributed by atoms with E-state index in [4.69, 9.17) is 17.3 Å². The molecule has 0 amide bonds. The minimum absolute atomic E-state index is 0.680. The van der Waals surface area contributed by atoms with Crippen LogP contribution < -0.4 is 11.1 Å². The van der Waals surface area contributed by atoms with Gasteiger partial charge in [-0.1, -0.05) is 17.7 Å². The van der Waals surface area contributed by atoms with Gasteiger partial charge in [0.25, 0.3) is 0 Å². The van der Waals surface area contributed by atoms with E-state index in [1.54, 1.807) is 0 Å². The van der Waals surface area contributed by atoms with Crippen LogP contribution in [0.15, 0.2) is 18.2 Å². The van der Waals surface area contributed by atoms with Gasteiger partial charge in [-0.05, 0) is 39.2 Å². The normalized spacial score (nSPS) is 10.7. The number of anilines is 2. The van der Waals surface area contributed by atoms with Gasteiger partial charge in [0.15, 0.2) is 0 Å². The molecule has 0 atom stereocenters. The van der Waals surface area contributed by atoms with Crippen molar-refractivity contribution >= 4 is 23.0 Å². The van der Waals surface area contributed by atoms with Crippen LogP contribution in [-0.2, 0) is 0 Å². The Hall–Kier alpha value is -0.930. The van der Waals surface area contributed by atoms with Gasteiger partial charge >= 0.3 is 0 Å². The number of nitrogens with one attached hydrogen (secondary N) is 1. The van der Waals surface area contributed by atoms with E-state index in [0.29, 0.717) is 10.7 Å². The molecule has 4 heteroatoms. The first kappa shape index (κ1) is 12.1. The van der Waals surface area contributed by atoms with Gasteiger partial charge in [0.1, 0.15) is 0 Å². The lowest BCUT2D eigenvalue weighted by atomic mass is 10.2. The summed E-state index contributed by atoms with van der Waals surface area (Å²) in [4.78, 5) is 2.15. The zero-order valence-electron chi connectivity index (χ0n) is 9.26. The van der Waals surface area contributed by atoms with Crippen molar-refractivity contribution in [3.05, 3.63) is 23.2 Å². The predicted molar refractivity (Wildman–Crippen MR) is 67.5 cm³/mol. The van der Waals surface area contributed by atoms with Crippen LogP contribution in [-0.4, -0.2) is 32.1 Å². The van der Waals surface area contributed by atoms with E-state index < -0.39 is 0 Å². The Bertz CT molecular complexity index is 292. The average molecular weight is 228 g/mol. The first-order valence-electron chi connectivity index (χ1n) is 5.04. The molecule has 0 fully saturated rings. The number of nitrogens with two attached hydrogens (primary N) is 1. The highest BCUT2D eigenvalue weighted by Gasteiger charge is 2.02. The molecule has 1 rings (SSSR count). The number of hydrogen-bond acceptors (Lipinski definition) is 3. The van der Waals surface area contributed by atoms with Gasteiger partial charge in [0.05, 0.1) is 16.4 Å². The van der Waals surface area contributed by atoms with Gasteiger partial charge in [0, 0.05) is 6.54 Å². The summed E-state index contributed by atoms with van der Waals surface area (Å²) in [5.41, 5.74) is 7.35. The van der Waals surface area contributed by atoms with Gasteiger partial charge in [0.2, 0.25) is 0 Å². The molecule has 0 heterocycles. The molecule has 1 aromatic rings. The first-order valence-corrected chi connectivity index (χ1v) is 5.41. The number of rotatable bonds is 5. The fourth-order valence-corrected chi connectivity index (χ4v) is 1.58. The zero-order chi connectivity index (χ0) is 11.3. The van der Waals surface area contributed by atoms with E-state index in [9.17, 15) is 0 Å². The van der Waals surface area contributed by atoms with Crippen molar-refractivity contribution in [2.45, 2.75) is 6.42 Å². The summed E-state index contributed by atoms with van der Waals surface area (Å²) in [6.07, 6.45) is 1.07. The Morgan fingerprint density at radius 2 is 2.13 bits per heavy atom. The molecule has 0 aliphatic rings. The van der Waals surface area contributed by atoms with Crippen molar-refractivity contribution in [1.29, 1.82) is 0 Å². The van der Waals surface area contributed by atoms with Crippen LogP contribution in [0.1, 0.15) is 6.42 Å². The lowest BCUT2D eigenvalue weighted by Gasteiger charge is -2.13. The molecule has 84 valence electrons. The standard InChI is InChI=1S/C11H18ClN3/c1-15(2)8-4-7-14-11-9(12)5-3-6-10(11)13/h3,5-6,14H,4,7-8,13H2,1-2H3. The summed E-state index contributed by atoms with van der Waals surface area (Å²) < 4.78 is 0. The van der Waals surface area contributed by atoms with Crippen LogP contribution in [0.25, 0.3) is 0 Å². The maximum absolute atomic E-state index is 6.02. The second-order valence-corrected chi connectivity index (χ2v) is 4.19. The van der Waals surface area contributed by atoms with Crippen LogP contribution in [0.5, 0.6) is 0 Å². The second kappa shape index (κ2) is 5.83. The summed E-state index contributed by atoms with van der Waals surface area (Å²) in [7, 11) is 4.12. The van der Waals surface area contributed by atoms with E-state index in [2.05, 4.69) is 24.3 Å². The second-order valence-electron chi connectivity index (χ2n) is 3.79. The number of para-hydroxylation sites is 1. The molecular formula is C11H18ClN3. The minimum Gasteiger partial charge on any atom is -0.397 e. The van der Waals surface area contributed by atoms with Crippen molar-refractivity contribution < 1.29 is 0 Å². The van der Waals surface area contributed by atoms with Crippen LogP contribution in [0.3, 0.4) is 0 Å². The van der Waals surface area contributed by atoms with Gasteiger partial charge < -0.3 is 16.0 Å². The minimum atomic E-state index is 0.680. The Labute approximate surface area is 96.2 Å². The molecule has 0 aliphatic heterocycles. The Kier molecular flexibility index (Phi) is 4.72. The molecule has 0 radical (unpaired) electrons. The topological polar surface area (TPSA) is 41.3 Å². The summed E-state index contributed by atoms with van der Waals surface area (Å²) in [6.45, 7) is 1.93. The Balaban J connectivity index is 2.43. The quantitative estimate of drug-likeness (QED) is 0.599. The number of halogens is 1. The van der Waals surface area contributed by atoms with E-state index in [0.717, 1.165) is 25.2 Å². The molecule has 1 aromatic carbocycles. The van der Waals surface area contributed by atoms with Crippen LogP contribution >= 0.6 is 11.6 Å². The highest BCUT2D eigenvalue weighted by Crippen LogP contribution is 2.27. The summed E-state index contributed by atoms with van der Waals surface area (Å²) in [6, 6.07) is 5.54. The number of nitrogen functional groups attached to an aromatic ring is 1. The largest absolute Gasteiger partial charge is 0.397 e. The van der Waals surface area contributed by atoms with E-state index >= 15 is 0 Å². The Morgan fingerprint density at radius 1 is 1.40 bits per heavy atom. The smallest absolute Gasteiger partial charge is 0.0763 e. The maximum atomic E-state index is 6.02. The SMILES string of the molecule is CN(C)CCCNc1c(N)cccc1Cl. The molecule has 0 aromatic heterocycles.